The molecule has 0 aliphatic rings. The fourth-order valence-corrected chi connectivity index (χ4v) is 4.03. The third kappa shape index (κ3) is 4.50. The number of halogens is 1. The summed E-state index contributed by atoms with van der Waals surface area (Å²) in [5.41, 5.74) is 2.84. The smallest absolute Gasteiger partial charge is 0.250 e. The summed E-state index contributed by atoms with van der Waals surface area (Å²) in [6, 6.07) is 14.0. The molecule has 0 saturated heterocycles. The second-order valence-corrected chi connectivity index (χ2v) is 14.0. The average Bonchev–Trinajstić information content (AvgIpc) is 2.60. The molecule has 0 bridgehead atoms. The highest BCUT2D eigenvalue weighted by Gasteiger charge is 2.39. The van der Waals surface area contributed by atoms with Gasteiger partial charge in [0, 0.05) is 45.6 Å². The van der Waals surface area contributed by atoms with Gasteiger partial charge in [0.15, 0.2) is 0 Å². The van der Waals surface area contributed by atoms with E-state index < -0.39 is 8.32 Å². The molecule has 0 atom stereocenters. The van der Waals surface area contributed by atoms with E-state index in [9.17, 15) is 0 Å². The molecule has 0 unspecified atom stereocenters. The number of ether oxygens (including phenoxy) is 1. The molecule has 0 fully saturated rings. The van der Waals surface area contributed by atoms with Gasteiger partial charge < -0.3 is 14.5 Å². The number of rotatable bonds is 5. The summed E-state index contributed by atoms with van der Waals surface area (Å²) in [4.78, 5) is 4.45. The van der Waals surface area contributed by atoms with Gasteiger partial charge in [0.1, 0.15) is 11.5 Å². The van der Waals surface area contributed by atoms with Crippen molar-refractivity contribution in [3.63, 3.8) is 0 Å². The molecule has 0 saturated carbocycles. The van der Waals surface area contributed by atoms with Crippen LogP contribution in [0.15, 0.2) is 53.1 Å². The molecule has 0 aliphatic heterocycles. The van der Waals surface area contributed by atoms with Crippen molar-refractivity contribution >= 4 is 46.5 Å². The minimum Gasteiger partial charge on any atom is -0.543 e. The van der Waals surface area contributed by atoms with Crippen molar-refractivity contribution in [2.75, 3.05) is 12.4 Å². The van der Waals surface area contributed by atoms with E-state index in [4.69, 9.17) is 9.16 Å². The Kier molecular flexibility index (Phi) is 5.73. The monoisotopic (exact) mass is 458 g/mol. The van der Waals surface area contributed by atoms with Crippen LogP contribution in [0.5, 0.6) is 11.5 Å². The number of nitrogens with one attached hydrogen (secondary N) is 1. The zero-order chi connectivity index (χ0) is 20.5. The molecule has 1 heterocycles. The van der Waals surface area contributed by atoms with Gasteiger partial charge in [0.25, 0.3) is 0 Å². The van der Waals surface area contributed by atoms with Crippen molar-refractivity contribution in [2.24, 2.45) is 0 Å². The number of hydrogen-bond acceptors (Lipinski definition) is 4. The fraction of sp³-hybridized carbons (Fsp3) is 0.318. The van der Waals surface area contributed by atoms with Gasteiger partial charge in [-0.3, -0.25) is 4.98 Å². The normalized spacial score (nSPS) is 12.1. The van der Waals surface area contributed by atoms with Gasteiger partial charge >= 0.3 is 0 Å². The maximum atomic E-state index is 6.49. The van der Waals surface area contributed by atoms with Gasteiger partial charge in [-0.15, -0.1) is 0 Å². The van der Waals surface area contributed by atoms with Crippen molar-refractivity contribution in [1.82, 2.24) is 4.98 Å². The van der Waals surface area contributed by atoms with E-state index in [1.54, 1.807) is 7.11 Å². The van der Waals surface area contributed by atoms with Crippen molar-refractivity contribution in [3.8, 4) is 11.5 Å². The summed E-state index contributed by atoms with van der Waals surface area (Å²) in [5, 5.41) is 4.68. The lowest BCUT2D eigenvalue weighted by Gasteiger charge is -2.36. The molecule has 0 aliphatic carbocycles. The minimum atomic E-state index is -1.95. The molecule has 1 N–H and O–H groups in total. The molecular weight excluding hydrogens is 432 g/mol. The van der Waals surface area contributed by atoms with E-state index in [2.05, 4.69) is 66.2 Å². The number of aromatic nitrogens is 1. The van der Waals surface area contributed by atoms with E-state index in [0.29, 0.717) is 0 Å². The first-order valence-electron chi connectivity index (χ1n) is 9.28. The summed E-state index contributed by atoms with van der Waals surface area (Å²) in [7, 11) is -0.272. The number of methoxy groups -OCH3 is 1. The lowest BCUT2D eigenvalue weighted by molar-refractivity contribution is 0.411. The van der Waals surface area contributed by atoms with Crippen LogP contribution in [-0.2, 0) is 0 Å². The first kappa shape index (κ1) is 20.7. The molecular formula is C22H27BrN2O2Si. The molecule has 2 aromatic carbocycles. The van der Waals surface area contributed by atoms with Gasteiger partial charge in [0.2, 0.25) is 8.32 Å². The Morgan fingerprint density at radius 2 is 1.71 bits per heavy atom. The van der Waals surface area contributed by atoms with Gasteiger partial charge in [-0.1, -0.05) is 36.7 Å². The minimum absolute atomic E-state index is 0.122. The number of anilines is 2. The summed E-state index contributed by atoms with van der Waals surface area (Å²) >= 11 is 3.55. The zero-order valence-corrected chi connectivity index (χ0v) is 19.8. The van der Waals surface area contributed by atoms with E-state index in [-0.39, 0.29) is 5.04 Å². The van der Waals surface area contributed by atoms with Gasteiger partial charge in [-0.05, 0) is 42.4 Å². The molecule has 6 heteroatoms. The third-order valence-corrected chi connectivity index (χ3v) is 10.1. The van der Waals surface area contributed by atoms with Gasteiger partial charge in [-0.2, -0.15) is 0 Å². The predicted molar refractivity (Wildman–Crippen MR) is 124 cm³/mol. The van der Waals surface area contributed by atoms with Crippen LogP contribution in [0, 0.1) is 0 Å². The molecule has 28 heavy (non-hydrogen) atoms. The lowest BCUT2D eigenvalue weighted by Crippen LogP contribution is -2.43. The van der Waals surface area contributed by atoms with Crippen molar-refractivity contribution in [3.05, 3.63) is 53.1 Å². The van der Waals surface area contributed by atoms with Crippen LogP contribution >= 0.6 is 15.9 Å². The van der Waals surface area contributed by atoms with Crippen LogP contribution in [0.25, 0.3) is 10.9 Å². The first-order valence-corrected chi connectivity index (χ1v) is 13.0. The van der Waals surface area contributed by atoms with E-state index in [1.807, 2.05) is 42.6 Å². The first-order chi connectivity index (χ1) is 13.1. The van der Waals surface area contributed by atoms with Crippen LogP contribution in [0.4, 0.5) is 11.4 Å². The zero-order valence-electron chi connectivity index (χ0n) is 17.3. The summed E-state index contributed by atoms with van der Waals surface area (Å²) in [6.45, 7) is 11.2. The number of pyridine rings is 1. The highest BCUT2D eigenvalue weighted by molar-refractivity contribution is 9.10. The van der Waals surface area contributed by atoms with Crippen LogP contribution in [-0.4, -0.2) is 20.4 Å². The number of nitrogens with zero attached hydrogens (tertiary/aromatic N) is 1. The van der Waals surface area contributed by atoms with E-state index in [1.165, 1.54) is 0 Å². The van der Waals surface area contributed by atoms with Gasteiger partial charge in [0.05, 0.1) is 12.6 Å². The Hall–Kier alpha value is -2.05. The Labute approximate surface area is 176 Å². The average molecular weight is 459 g/mol. The van der Waals surface area contributed by atoms with Crippen molar-refractivity contribution in [1.29, 1.82) is 0 Å². The Morgan fingerprint density at radius 1 is 1.00 bits per heavy atom. The maximum Gasteiger partial charge on any atom is 0.250 e. The SMILES string of the molecule is COc1cc(Nc2ccnc3ccc(Br)cc23)cc(O[Si](C)(C)C(C)(C)C)c1. The lowest BCUT2D eigenvalue weighted by atomic mass is 10.2. The van der Waals surface area contributed by atoms with Crippen LogP contribution in [0.1, 0.15) is 20.8 Å². The second-order valence-electron chi connectivity index (χ2n) is 8.40. The molecule has 0 spiro atoms. The fourth-order valence-electron chi connectivity index (χ4n) is 2.65. The van der Waals surface area contributed by atoms with Crippen LogP contribution in [0.3, 0.4) is 0 Å². The summed E-state index contributed by atoms with van der Waals surface area (Å²) in [5.74, 6) is 1.59. The highest BCUT2D eigenvalue weighted by Crippen LogP contribution is 2.39. The number of hydrogen-bond donors (Lipinski definition) is 1. The molecule has 0 radical (unpaired) electrons. The predicted octanol–water partition coefficient (Wildman–Crippen LogP) is 7.13. The standard InChI is InChI=1S/C22H27BrN2O2Si/c1-22(2,3)28(5,6)27-18-13-16(12-17(14-18)26-4)25-21-9-10-24-20-8-7-15(23)11-19(20)21/h7-14H,1-6H3,(H,24,25). The second kappa shape index (κ2) is 7.76. The van der Waals surface area contributed by atoms with E-state index in [0.717, 1.165) is 38.2 Å². The topological polar surface area (TPSA) is 43.4 Å². The largest absolute Gasteiger partial charge is 0.543 e. The van der Waals surface area contributed by atoms with Crippen LogP contribution < -0.4 is 14.5 Å². The maximum absolute atomic E-state index is 6.49. The Bertz CT molecular complexity index is 999. The quantitative estimate of drug-likeness (QED) is 0.412. The van der Waals surface area contributed by atoms with Gasteiger partial charge in [-0.25, -0.2) is 0 Å². The molecule has 0 amide bonds. The summed E-state index contributed by atoms with van der Waals surface area (Å²) < 4.78 is 13.0. The Morgan fingerprint density at radius 3 is 2.39 bits per heavy atom. The summed E-state index contributed by atoms with van der Waals surface area (Å²) in [6.07, 6.45) is 1.81. The molecule has 3 rings (SSSR count). The third-order valence-electron chi connectivity index (χ3n) is 5.28. The molecule has 4 nitrogen and oxygen atoms in total. The number of benzene rings is 2. The molecule has 1 aromatic heterocycles. The Balaban J connectivity index is 1.98. The molecule has 3 aromatic rings. The van der Waals surface area contributed by atoms with Crippen LogP contribution in [0.2, 0.25) is 18.1 Å². The van der Waals surface area contributed by atoms with Crippen molar-refractivity contribution < 1.29 is 9.16 Å². The van der Waals surface area contributed by atoms with E-state index >= 15 is 0 Å². The highest BCUT2D eigenvalue weighted by atomic mass is 79.9. The number of fused-ring (bicyclic) bond motifs is 1. The van der Waals surface area contributed by atoms with Crippen molar-refractivity contribution in [2.45, 2.75) is 38.9 Å². The molecule has 148 valence electrons.